The molecule has 0 amide bonds. The first-order valence-corrected chi connectivity index (χ1v) is 4.58. The van der Waals surface area contributed by atoms with Gasteiger partial charge in [-0.25, -0.2) is 4.98 Å². The van der Waals surface area contributed by atoms with E-state index in [1.54, 1.807) is 0 Å². The molecule has 1 atom stereocenters. The van der Waals surface area contributed by atoms with Crippen LogP contribution in [0.3, 0.4) is 0 Å². The Bertz CT molecular complexity index is 316. The zero-order valence-corrected chi connectivity index (χ0v) is 7.90. The molecule has 0 radical (unpaired) electrons. The first kappa shape index (κ1) is 10.8. The monoisotopic (exact) mass is 219 g/mol. The Balaban J connectivity index is 2.48. The third-order valence-electron chi connectivity index (χ3n) is 1.37. The van der Waals surface area contributed by atoms with Crippen LogP contribution in [0.5, 0.6) is 0 Å². The van der Waals surface area contributed by atoms with Gasteiger partial charge in [0.25, 0.3) is 0 Å². The lowest BCUT2D eigenvalue weighted by atomic mass is 10.4. The van der Waals surface area contributed by atoms with Crippen LogP contribution in [0.1, 0.15) is 0 Å². The van der Waals surface area contributed by atoms with E-state index in [1.165, 1.54) is 0 Å². The number of rotatable bonds is 5. The fourth-order valence-electron chi connectivity index (χ4n) is 0.701. The van der Waals surface area contributed by atoms with Crippen LogP contribution < -0.4 is 5.32 Å². The van der Waals surface area contributed by atoms with Crippen LogP contribution in [0, 0.1) is 10.1 Å². The van der Waals surface area contributed by atoms with Gasteiger partial charge < -0.3 is 15.5 Å². The molecule has 1 aromatic rings. The summed E-state index contributed by atoms with van der Waals surface area (Å²) in [5.41, 5.74) is 0. The summed E-state index contributed by atoms with van der Waals surface area (Å²) in [6.45, 7) is -0.248. The van der Waals surface area contributed by atoms with Crippen molar-refractivity contribution in [3.05, 3.63) is 16.3 Å². The lowest BCUT2D eigenvalue weighted by molar-refractivity contribution is -0.380. The van der Waals surface area contributed by atoms with Gasteiger partial charge in [0.05, 0.1) is 17.6 Å². The second-order valence-electron chi connectivity index (χ2n) is 2.48. The summed E-state index contributed by atoms with van der Waals surface area (Å²) in [5.74, 6) is 0. The maximum Gasteiger partial charge on any atom is 0.345 e. The van der Waals surface area contributed by atoms with Crippen molar-refractivity contribution in [3.63, 3.8) is 0 Å². The molecular formula is C6H9N3O4S. The fraction of sp³-hybridized carbons (Fsp3) is 0.500. The Morgan fingerprint density at radius 3 is 3.00 bits per heavy atom. The molecule has 1 rings (SSSR count). The SMILES string of the molecule is O=[N+]([O-])c1cnc(NCC(O)CO)s1. The Morgan fingerprint density at radius 1 is 1.79 bits per heavy atom. The number of anilines is 1. The number of aliphatic hydroxyl groups is 2. The molecule has 8 heteroatoms. The van der Waals surface area contributed by atoms with Crippen molar-refractivity contribution in [1.82, 2.24) is 4.98 Å². The zero-order valence-electron chi connectivity index (χ0n) is 7.08. The molecular weight excluding hydrogens is 210 g/mol. The fourth-order valence-corrected chi connectivity index (χ4v) is 1.34. The highest BCUT2D eigenvalue weighted by atomic mass is 32.1. The molecule has 0 aliphatic heterocycles. The Hall–Kier alpha value is -1.25. The first-order valence-electron chi connectivity index (χ1n) is 3.76. The molecule has 0 aromatic carbocycles. The minimum atomic E-state index is -0.891. The molecule has 78 valence electrons. The van der Waals surface area contributed by atoms with E-state index in [9.17, 15) is 10.1 Å². The summed E-state index contributed by atoms with van der Waals surface area (Å²) in [6, 6.07) is 0. The topological polar surface area (TPSA) is 109 Å². The van der Waals surface area contributed by atoms with Crippen LogP contribution in [0.2, 0.25) is 0 Å². The van der Waals surface area contributed by atoms with Crippen molar-refractivity contribution in [3.8, 4) is 0 Å². The second-order valence-corrected chi connectivity index (χ2v) is 3.49. The average Bonchev–Trinajstić information content (AvgIpc) is 2.62. The van der Waals surface area contributed by atoms with Gasteiger partial charge in [0, 0.05) is 6.54 Å². The number of nitrogens with one attached hydrogen (secondary N) is 1. The highest BCUT2D eigenvalue weighted by molar-refractivity contribution is 7.18. The standard InChI is InChI=1S/C6H9N3O4S/c10-3-4(11)1-7-6-8-2-5(14-6)9(12)13/h2,4,10-11H,1,3H2,(H,7,8). The van der Waals surface area contributed by atoms with Gasteiger partial charge in [-0.05, 0) is 11.3 Å². The molecule has 1 unspecified atom stereocenters. The molecule has 0 aliphatic carbocycles. The van der Waals surface area contributed by atoms with Gasteiger partial charge in [0.2, 0.25) is 0 Å². The van der Waals surface area contributed by atoms with E-state index in [1.807, 2.05) is 0 Å². The van der Waals surface area contributed by atoms with E-state index < -0.39 is 11.0 Å². The Labute approximate surface area is 83.2 Å². The second kappa shape index (κ2) is 4.84. The van der Waals surface area contributed by atoms with Crippen LogP contribution in [0.25, 0.3) is 0 Å². The van der Waals surface area contributed by atoms with Gasteiger partial charge in [-0.15, -0.1) is 0 Å². The van der Waals surface area contributed by atoms with Crippen molar-refractivity contribution >= 4 is 21.5 Å². The normalized spacial score (nSPS) is 12.4. The smallest absolute Gasteiger partial charge is 0.345 e. The molecule has 3 N–H and O–H groups in total. The summed E-state index contributed by atoms with van der Waals surface area (Å²) >= 11 is 0.879. The van der Waals surface area contributed by atoms with E-state index in [2.05, 4.69) is 10.3 Å². The summed E-state index contributed by atoms with van der Waals surface area (Å²) in [6.07, 6.45) is 0.246. The number of hydrogen-bond donors (Lipinski definition) is 3. The van der Waals surface area contributed by atoms with E-state index >= 15 is 0 Å². The summed E-state index contributed by atoms with van der Waals surface area (Å²) < 4.78 is 0. The highest BCUT2D eigenvalue weighted by Gasteiger charge is 2.11. The average molecular weight is 219 g/mol. The van der Waals surface area contributed by atoms with Crippen LogP contribution in [-0.4, -0.2) is 39.4 Å². The number of nitro groups is 1. The van der Waals surface area contributed by atoms with E-state index in [0.29, 0.717) is 5.13 Å². The van der Waals surface area contributed by atoms with Crippen LogP contribution in [0.15, 0.2) is 6.20 Å². The largest absolute Gasteiger partial charge is 0.394 e. The first-order chi connectivity index (χ1) is 6.63. The number of aromatic nitrogens is 1. The molecule has 0 saturated carbocycles. The predicted molar refractivity (Wildman–Crippen MR) is 50.4 cm³/mol. The molecule has 0 bridgehead atoms. The predicted octanol–water partition coefficient (Wildman–Crippen LogP) is -0.184. The van der Waals surface area contributed by atoms with Gasteiger partial charge in [-0.2, -0.15) is 0 Å². The molecule has 0 fully saturated rings. The molecule has 14 heavy (non-hydrogen) atoms. The number of hydrogen-bond acceptors (Lipinski definition) is 7. The minimum absolute atomic E-state index is 0.0639. The molecule has 0 aliphatic rings. The van der Waals surface area contributed by atoms with Crippen molar-refractivity contribution < 1.29 is 15.1 Å². The van der Waals surface area contributed by atoms with Crippen molar-refractivity contribution in [2.75, 3.05) is 18.5 Å². The van der Waals surface area contributed by atoms with Crippen molar-refractivity contribution in [2.24, 2.45) is 0 Å². The summed E-state index contributed by atoms with van der Waals surface area (Å²) in [7, 11) is 0. The maximum atomic E-state index is 10.3. The minimum Gasteiger partial charge on any atom is -0.394 e. The lowest BCUT2D eigenvalue weighted by Crippen LogP contribution is -2.22. The maximum absolute atomic E-state index is 10.3. The van der Waals surface area contributed by atoms with Crippen LogP contribution >= 0.6 is 11.3 Å². The van der Waals surface area contributed by atoms with Gasteiger partial charge in [-0.3, -0.25) is 10.1 Å². The zero-order chi connectivity index (χ0) is 10.6. The highest BCUT2D eigenvalue weighted by Crippen LogP contribution is 2.24. The Morgan fingerprint density at radius 2 is 2.50 bits per heavy atom. The molecule has 0 saturated heterocycles. The molecule has 0 spiro atoms. The van der Waals surface area contributed by atoms with Crippen molar-refractivity contribution in [2.45, 2.75) is 6.10 Å². The molecule has 1 aromatic heterocycles. The van der Waals surface area contributed by atoms with E-state index in [4.69, 9.17) is 10.2 Å². The Kier molecular flexibility index (Phi) is 3.74. The number of nitrogens with zero attached hydrogens (tertiary/aromatic N) is 2. The van der Waals surface area contributed by atoms with E-state index in [0.717, 1.165) is 17.5 Å². The van der Waals surface area contributed by atoms with Gasteiger partial charge >= 0.3 is 5.00 Å². The summed E-state index contributed by atoms with van der Waals surface area (Å²) in [5, 5.41) is 30.7. The number of thiazole rings is 1. The summed E-state index contributed by atoms with van der Waals surface area (Å²) in [4.78, 5) is 13.4. The van der Waals surface area contributed by atoms with Gasteiger partial charge in [0.1, 0.15) is 6.20 Å². The third kappa shape index (κ3) is 2.91. The van der Waals surface area contributed by atoms with Gasteiger partial charge in [-0.1, -0.05) is 0 Å². The van der Waals surface area contributed by atoms with Gasteiger partial charge in [0.15, 0.2) is 5.13 Å². The third-order valence-corrected chi connectivity index (χ3v) is 2.28. The quantitative estimate of drug-likeness (QED) is 0.468. The number of aliphatic hydroxyl groups excluding tert-OH is 2. The molecule has 1 heterocycles. The van der Waals surface area contributed by atoms with E-state index in [-0.39, 0.29) is 18.2 Å². The van der Waals surface area contributed by atoms with Crippen molar-refractivity contribution in [1.29, 1.82) is 0 Å². The van der Waals surface area contributed by atoms with Crippen LogP contribution in [-0.2, 0) is 0 Å². The van der Waals surface area contributed by atoms with Crippen LogP contribution in [0.4, 0.5) is 10.1 Å². The molecule has 7 nitrogen and oxygen atoms in total. The lowest BCUT2D eigenvalue weighted by Gasteiger charge is -2.06.